The zero-order valence-corrected chi connectivity index (χ0v) is 20.8. The van der Waals surface area contributed by atoms with E-state index in [1.165, 1.54) is 5.56 Å². The highest BCUT2D eigenvalue weighted by molar-refractivity contribution is 6.35. The Morgan fingerprint density at radius 3 is 2.52 bits per heavy atom. The Morgan fingerprint density at radius 2 is 1.85 bits per heavy atom. The summed E-state index contributed by atoms with van der Waals surface area (Å²) in [6.45, 7) is 12.4. The normalized spacial score (nSPS) is 14.3. The van der Waals surface area contributed by atoms with Crippen LogP contribution >= 0.6 is 0 Å². The summed E-state index contributed by atoms with van der Waals surface area (Å²) in [7, 11) is 4.11. The largest absolute Gasteiger partial charge is 0.358 e. The SMILES string of the molecule is CCN(CC)CCNC(=O)c1c(C)[nH]c(C=C2C(=O)Nc3ccc(CCN(C)C)cc32)c1C. The van der Waals surface area contributed by atoms with E-state index in [-0.39, 0.29) is 11.8 Å². The van der Waals surface area contributed by atoms with Gasteiger partial charge in [-0.3, -0.25) is 9.59 Å². The number of amides is 2. The van der Waals surface area contributed by atoms with Gasteiger partial charge >= 0.3 is 0 Å². The van der Waals surface area contributed by atoms with Gasteiger partial charge in [-0.2, -0.15) is 0 Å². The van der Waals surface area contributed by atoms with Crippen molar-refractivity contribution in [2.24, 2.45) is 0 Å². The van der Waals surface area contributed by atoms with E-state index in [4.69, 9.17) is 0 Å². The molecule has 2 heterocycles. The molecule has 3 rings (SSSR count). The number of likely N-dealkylation sites (N-methyl/N-ethyl adjacent to an activating group) is 2. The average molecular weight is 452 g/mol. The van der Waals surface area contributed by atoms with Crippen molar-refractivity contribution >= 4 is 29.2 Å². The zero-order chi connectivity index (χ0) is 24.1. The minimum Gasteiger partial charge on any atom is -0.358 e. The fourth-order valence-corrected chi connectivity index (χ4v) is 4.25. The number of carbonyl (C=O) groups is 2. The summed E-state index contributed by atoms with van der Waals surface area (Å²) in [5.41, 5.74) is 6.65. The molecule has 2 aromatic rings. The van der Waals surface area contributed by atoms with Crippen molar-refractivity contribution in [3.63, 3.8) is 0 Å². The molecule has 1 aromatic heterocycles. The van der Waals surface area contributed by atoms with Crippen LogP contribution in [0.1, 0.15) is 52.3 Å². The number of benzene rings is 1. The Morgan fingerprint density at radius 1 is 1.12 bits per heavy atom. The van der Waals surface area contributed by atoms with Gasteiger partial charge in [-0.1, -0.05) is 19.9 Å². The van der Waals surface area contributed by atoms with Crippen molar-refractivity contribution in [3.05, 3.63) is 51.8 Å². The summed E-state index contributed by atoms with van der Waals surface area (Å²) in [5, 5.41) is 5.99. The van der Waals surface area contributed by atoms with E-state index in [9.17, 15) is 9.59 Å². The number of aromatic amines is 1. The number of anilines is 1. The summed E-state index contributed by atoms with van der Waals surface area (Å²) in [5.74, 6) is -0.202. The minimum atomic E-state index is -0.119. The van der Waals surface area contributed by atoms with Gasteiger partial charge in [0.2, 0.25) is 0 Å². The molecule has 178 valence electrons. The van der Waals surface area contributed by atoms with Gasteiger partial charge in [-0.15, -0.1) is 0 Å². The number of nitrogens with one attached hydrogen (secondary N) is 3. The summed E-state index contributed by atoms with van der Waals surface area (Å²) < 4.78 is 0. The van der Waals surface area contributed by atoms with E-state index in [0.717, 1.165) is 60.8 Å². The van der Waals surface area contributed by atoms with Gasteiger partial charge in [0.1, 0.15) is 0 Å². The molecule has 0 spiro atoms. The molecular formula is C26H37N5O2. The summed E-state index contributed by atoms with van der Waals surface area (Å²) >= 11 is 0. The second-order valence-corrected chi connectivity index (χ2v) is 8.89. The van der Waals surface area contributed by atoms with E-state index in [0.29, 0.717) is 17.7 Å². The van der Waals surface area contributed by atoms with Gasteiger partial charge in [0, 0.05) is 42.3 Å². The van der Waals surface area contributed by atoms with Crippen LogP contribution in [0.5, 0.6) is 0 Å². The number of rotatable bonds is 10. The molecule has 33 heavy (non-hydrogen) atoms. The van der Waals surface area contributed by atoms with Crippen LogP contribution in [-0.2, 0) is 11.2 Å². The highest BCUT2D eigenvalue weighted by atomic mass is 16.2. The molecule has 3 N–H and O–H groups in total. The molecule has 0 radical (unpaired) electrons. The van der Waals surface area contributed by atoms with Crippen LogP contribution < -0.4 is 10.6 Å². The van der Waals surface area contributed by atoms with Crippen molar-refractivity contribution in [3.8, 4) is 0 Å². The first-order valence-corrected chi connectivity index (χ1v) is 11.8. The highest BCUT2D eigenvalue weighted by Crippen LogP contribution is 2.34. The Bertz CT molecular complexity index is 1050. The Kier molecular flexibility index (Phi) is 8.10. The number of carbonyl (C=O) groups excluding carboxylic acids is 2. The second-order valence-electron chi connectivity index (χ2n) is 8.89. The lowest BCUT2D eigenvalue weighted by Crippen LogP contribution is -2.35. The van der Waals surface area contributed by atoms with Crippen LogP contribution in [0.3, 0.4) is 0 Å². The minimum absolute atomic E-state index is 0.0831. The monoisotopic (exact) mass is 451 g/mol. The van der Waals surface area contributed by atoms with Crippen LogP contribution in [-0.4, -0.2) is 73.4 Å². The average Bonchev–Trinajstić information content (AvgIpc) is 3.24. The summed E-state index contributed by atoms with van der Waals surface area (Å²) in [6, 6.07) is 6.13. The van der Waals surface area contributed by atoms with Crippen LogP contribution in [0.2, 0.25) is 0 Å². The molecule has 7 nitrogen and oxygen atoms in total. The van der Waals surface area contributed by atoms with Gasteiger partial charge in [-0.25, -0.2) is 0 Å². The van der Waals surface area contributed by atoms with Crippen LogP contribution in [0.15, 0.2) is 18.2 Å². The number of fused-ring (bicyclic) bond motifs is 1. The smallest absolute Gasteiger partial charge is 0.256 e. The number of nitrogens with zero attached hydrogens (tertiary/aromatic N) is 2. The number of H-pyrrole nitrogens is 1. The maximum Gasteiger partial charge on any atom is 0.256 e. The quantitative estimate of drug-likeness (QED) is 0.484. The van der Waals surface area contributed by atoms with E-state index in [1.54, 1.807) is 0 Å². The van der Waals surface area contributed by atoms with Crippen molar-refractivity contribution in [2.45, 2.75) is 34.1 Å². The topological polar surface area (TPSA) is 80.5 Å². The molecule has 1 aromatic carbocycles. The van der Waals surface area contributed by atoms with Crippen LogP contribution in [0.25, 0.3) is 11.6 Å². The van der Waals surface area contributed by atoms with Gasteiger partial charge in [0.05, 0.1) is 11.1 Å². The molecule has 0 bridgehead atoms. The predicted molar refractivity (Wildman–Crippen MR) is 136 cm³/mol. The number of aromatic nitrogens is 1. The Hall–Kier alpha value is -2.90. The molecule has 0 fully saturated rings. The van der Waals surface area contributed by atoms with Gasteiger partial charge in [0.15, 0.2) is 0 Å². The first-order chi connectivity index (χ1) is 15.7. The lowest BCUT2D eigenvalue weighted by molar-refractivity contribution is -0.110. The van der Waals surface area contributed by atoms with Gasteiger partial charge in [0.25, 0.3) is 11.8 Å². The first kappa shape index (κ1) is 24.7. The molecule has 0 atom stereocenters. The fraction of sp³-hybridized carbons (Fsp3) is 0.462. The molecule has 0 saturated heterocycles. The van der Waals surface area contributed by atoms with E-state index in [1.807, 2.05) is 26.0 Å². The second kappa shape index (κ2) is 10.8. The van der Waals surface area contributed by atoms with Crippen molar-refractivity contribution < 1.29 is 9.59 Å². The van der Waals surface area contributed by atoms with E-state index >= 15 is 0 Å². The molecule has 0 unspecified atom stereocenters. The molecule has 7 heteroatoms. The molecule has 2 amide bonds. The Balaban J connectivity index is 1.83. The predicted octanol–water partition coefficient (Wildman–Crippen LogP) is 3.30. The van der Waals surface area contributed by atoms with Crippen molar-refractivity contribution in [1.29, 1.82) is 0 Å². The third-order valence-electron chi connectivity index (χ3n) is 6.31. The third-order valence-corrected chi connectivity index (χ3v) is 6.31. The molecule has 0 aliphatic carbocycles. The number of hydrogen-bond acceptors (Lipinski definition) is 4. The molecular weight excluding hydrogens is 414 g/mol. The first-order valence-electron chi connectivity index (χ1n) is 11.8. The molecule has 1 aliphatic heterocycles. The lowest BCUT2D eigenvalue weighted by atomic mass is 10.0. The Labute approximate surface area is 197 Å². The fourth-order valence-electron chi connectivity index (χ4n) is 4.25. The standard InChI is InChI=1S/C26H37N5O2/c1-7-31(8-2)14-12-27-26(33)24-17(3)23(28-18(24)4)16-21-20-15-19(11-13-30(5)6)9-10-22(20)29-25(21)32/h9-10,15-16,28H,7-8,11-14H2,1-6H3,(H,27,33)(H,29,32). The van der Waals surface area contributed by atoms with Gasteiger partial charge < -0.3 is 25.4 Å². The lowest BCUT2D eigenvalue weighted by Gasteiger charge is -2.18. The number of hydrogen-bond donors (Lipinski definition) is 3. The maximum absolute atomic E-state index is 12.9. The number of aryl methyl sites for hydroxylation is 1. The third kappa shape index (κ3) is 5.72. The maximum atomic E-state index is 12.9. The van der Waals surface area contributed by atoms with Crippen molar-refractivity contribution in [1.82, 2.24) is 20.1 Å². The summed E-state index contributed by atoms with van der Waals surface area (Å²) in [6.07, 6.45) is 2.78. The van der Waals surface area contributed by atoms with Crippen LogP contribution in [0.4, 0.5) is 5.69 Å². The van der Waals surface area contributed by atoms with Crippen LogP contribution in [0, 0.1) is 13.8 Å². The zero-order valence-electron chi connectivity index (χ0n) is 20.8. The van der Waals surface area contributed by atoms with Crippen molar-refractivity contribution in [2.75, 3.05) is 52.1 Å². The van der Waals surface area contributed by atoms with E-state index in [2.05, 4.69) is 65.5 Å². The molecule has 1 aliphatic rings. The van der Waals surface area contributed by atoms with Gasteiger partial charge in [-0.05, 0) is 76.8 Å². The highest BCUT2D eigenvalue weighted by Gasteiger charge is 2.26. The molecule has 0 saturated carbocycles. The summed E-state index contributed by atoms with van der Waals surface area (Å²) in [4.78, 5) is 33.3. The van der Waals surface area contributed by atoms with E-state index < -0.39 is 0 Å².